The lowest BCUT2D eigenvalue weighted by Crippen LogP contribution is -2.22. The van der Waals surface area contributed by atoms with Gasteiger partial charge in [0.05, 0.1) is 9.83 Å². The SMILES string of the molecule is CCCNC(c1cc(C)c(Br)s1)c1cc(Br)ccc1Br. The molecule has 0 aliphatic heterocycles. The van der Waals surface area contributed by atoms with E-state index in [0.29, 0.717) is 0 Å². The molecule has 1 heterocycles. The smallest absolute Gasteiger partial charge is 0.0731 e. The fraction of sp³-hybridized carbons (Fsp3) is 0.333. The molecule has 0 aliphatic carbocycles. The molecule has 0 saturated carbocycles. The van der Waals surface area contributed by atoms with Gasteiger partial charge >= 0.3 is 0 Å². The highest BCUT2D eigenvalue weighted by molar-refractivity contribution is 9.11. The Morgan fingerprint density at radius 3 is 2.55 bits per heavy atom. The molecule has 2 rings (SSSR count). The molecule has 1 nitrogen and oxygen atoms in total. The van der Waals surface area contributed by atoms with Crippen LogP contribution in [0.2, 0.25) is 0 Å². The lowest BCUT2D eigenvalue weighted by molar-refractivity contribution is 0.604. The first-order valence-electron chi connectivity index (χ1n) is 6.47. The van der Waals surface area contributed by atoms with Gasteiger partial charge in [0.1, 0.15) is 0 Å². The van der Waals surface area contributed by atoms with Crippen molar-refractivity contribution in [2.75, 3.05) is 6.54 Å². The molecule has 1 atom stereocenters. The maximum absolute atomic E-state index is 3.68. The molecule has 0 bridgehead atoms. The molecule has 2 aromatic rings. The molecular formula is C15H16Br3NS. The highest BCUT2D eigenvalue weighted by Crippen LogP contribution is 2.37. The summed E-state index contributed by atoms with van der Waals surface area (Å²) in [6.45, 7) is 5.32. The summed E-state index contributed by atoms with van der Waals surface area (Å²) in [4.78, 5) is 1.33. The Kier molecular flexibility index (Phi) is 6.29. The number of aryl methyl sites for hydroxylation is 1. The van der Waals surface area contributed by atoms with Gasteiger partial charge in [-0.15, -0.1) is 11.3 Å². The third-order valence-corrected chi connectivity index (χ3v) is 6.45. The van der Waals surface area contributed by atoms with Crippen molar-refractivity contribution in [1.82, 2.24) is 5.32 Å². The molecule has 1 aromatic carbocycles. The molecule has 1 aromatic heterocycles. The van der Waals surface area contributed by atoms with Crippen molar-refractivity contribution in [3.8, 4) is 0 Å². The maximum Gasteiger partial charge on any atom is 0.0731 e. The van der Waals surface area contributed by atoms with Gasteiger partial charge in [-0.25, -0.2) is 0 Å². The minimum absolute atomic E-state index is 0.219. The Hall–Kier alpha value is 0.320. The molecule has 0 amide bonds. The van der Waals surface area contributed by atoms with Gasteiger partial charge in [0, 0.05) is 13.8 Å². The Morgan fingerprint density at radius 1 is 1.20 bits per heavy atom. The normalized spacial score (nSPS) is 12.7. The van der Waals surface area contributed by atoms with Crippen molar-refractivity contribution < 1.29 is 0 Å². The van der Waals surface area contributed by atoms with Crippen LogP contribution in [0.4, 0.5) is 0 Å². The zero-order chi connectivity index (χ0) is 14.7. The average molecular weight is 482 g/mol. The quantitative estimate of drug-likeness (QED) is 0.518. The Balaban J connectivity index is 2.43. The maximum atomic E-state index is 3.68. The monoisotopic (exact) mass is 479 g/mol. The Bertz CT molecular complexity index is 575. The number of thiophene rings is 1. The molecule has 1 unspecified atom stereocenters. The van der Waals surface area contributed by atoms with Gasteiger partial charge in [-0.3, -0.25) is 0 Å². The van der Waals surface area contributed by atoms with Crippen molar-refractivity contribution in [3.63, 3.8) is 0 Å². The molecular weight excluding hydrogens is 466 g/mol. The van der Waals surface area contributed by atoms with Crippen LogP contribution in [0.25, 0.3) is 0 Å². The van der Waals surface area contributed by atoms with Crippen LogP contribution in [0.1, 0.15) is 35.4 Å². The van der Waals surface area contributed by atoms with E-state index >= 15 is 0 Å². The zero-order valence-electron chi connectivity index (χ0n) is 11.3. The topological polar surface area (TPSA) is 12.0 Å². The summed E-state index contributed by atoms with van der Waals surface area (Å²) in [5.41, 5.74) is 2.56. The first kappa shape index (κ1) is 16.7. The standard InChI is InChI=1S/C15H16Br3NS/c1-3-6-19-14(13-7-9(2)15(18)20-13)11-8-10(16)4-5-12(11)17/h4-5,7-8,14,19H,3,6H2,1-2H3. The molecule has 1 N–H and O–H groups in total. The first-order chi connectivity index (χ1) is 9.52. The van der Waals surface area contributed by atoms with Gasteiger partial charge < -0.3 is 5.32 Å². The second kappa shape index (κ2) is 7.54. The van der Waals surface area contributed by atoms with Gasteiger partial charge in [-0.2, -0.15) is 0 Å². The lowest BCUT2D eigenvalue weighted by atomic mass is 10.0. The second-order valence-corrected chi connectivity index (χ2v) is 8.83. The second-order valence-electron chi connectivity index (χ2n) is 4.66. The van der Waals surface area contributed by atoms with Crippen molar-refractivity contribution in [1.29, 1.82) is 0 Å². The number of hydrogen-bond donors (Lipinski definition) is 1. The number of halogens is 3. The first-order valence-corrected chi connectivity index (χ1v) is 9.66. The van der Waals surface area contributed by atoms with E-state index in [9.17, 15) is 0 Å². The predicted molar refractivity (Wildman–Crippen MR) is 98.7 cm³/mol. The van der Waals surface area contributed by atoms with Gasteiger partial charge in [0.2, 0.25) is 0 Å². The van der Waals surface area contributed by atoms with Crippen LogP contribution < -0.4 is 5.32 Å². The van der Waals surface area contributed by atoms with Crippen LogP contribution in [0.3, 0.4) is 0 Å². The summed E-state index contributed by atoms with van der Waals surface area (Å²) < 4.78 is 3.45. The summed E-state index contributed by atoms with van der Waals surface area (Å²) in [6, 6.07) is 8.81. The van der Waals surface area contributed by atoms with Gasteiger partial charge in [-0.05, 0) is 71.2 Å². The predicted octanol–water partition coefficient (Wildman–Crippen LogP) is 6.43. The Morgan fingerprint density at radius 2 is 1.95 bits per heavy atom. The lowest BCUT2D eigenvalue weighted by Gasteiger charge is -2.19. The third kappa shape index (κ3) is 3.95. The summed E-state index contributed by atoms with van der Waals surface area (Å²) in [5.74, 6) is 0. The zero-order valence-corrected chi connectivity index (χ0v) is 16.9. The molecule has 0 aliphatic rings. The van der Waals surface area contributed by atoms with E-state index < -0.39 is 0 Å². The number of benzene rings is 1. The van der Waals surface area contributed by atoms with Crippen LogP contribution in [-0.4, -0.2) is 6.54 Å². The molecule has 20 heavy (non-hydrogen) atoms. The number of rotatable bonds is 5. The highest BCUT2D eigenvalue weighted by Gasteiger charge is 2.19. The van der Waals surface area contributed by atoms with E-state index in [1.165, 1.54) is 19.8 Å². The minimum atomic E-state index is 0.219. The van der Waals surface area contributed by atoms with Gasteiger partial charge in [0.15, 0.2) is 0 Å². The van der Waals surface area contributed by atoms with E-state index in [-0.39, 0.29) is 6.04 Å². The Labute approximate surface area is 149 Å². The van der Waals surface area contributed by atoms with Gasteiger partial charge in [-0.1, -0.05) is 38.8 Å². The van der Waals surface area contributed by atoms with E-state index in [1.807, 2.05) is 0 Å². The van der Waals surface area contributed by atoms with Crippen LogP contribution >= 0.6 is 59.1 Å². The van der Waals surface area contributed by atoms with Crippen LogP contribution in [0.5, 0.6) is 0 Å². The summed E-state index contributed by atoms with van der Waals surface area (Å²) >= 11 is 12.7. The summed E-state index contributed by atoms with van der Waals surface area (Å²) in [5, 5.41) is 3.65. The van der Waals surface area contributed by atoms with Crippen LogP contribution in [-0.2, 0) is 0 Å². The van der Waals surface area contributed by atoms with Crippen molar-refractivity contribution in [3.05, 3.63) is 53.0 Å². The fourth-order valence-corrected chi connectivity index (χ4v) is 4.53. The molecule has 0 radical (unpaired) electrons. The van der Waals surface area contributed by atoms with E-state index in [1.54, 1.807) is 11.3 Å². The largest absolute Gasteiger partial charge is 0.306 e. The van der Waals surface area contributed by atoms with Crippen LogP contribution in [0.15, 0.2) is 37.0 Å². The van der Waals surface area contributed by atoms with Crippen molar-refractivity contribution in [2.45, 2.75) is 26.3 Å². The van der Waals surface area contributed by atoms with Gasteiger partial charge in [0.25, 0.3) is 0 Å². The number of nitrogens with one attached hydrogen (secondary N) is 1. The highest BCUT2D eigenvalue weighted by atomic mass is 79.9. The molecule has 5 heteroatoms. The molecule has 0 spiro atoms. The number of hydrogen-bond acceptors (Lipinski definition) is 2. The third-order valence-electron chi connectivity index (χ3n) is 3.03. The average Bonchev–Trinajstić information content (AvgIpc) is 2.74. The van der Waals surface area contributed by atoms with E-state index in [0.717, 1.165) is 21.9 Å². The summed E-state index contributed by atoms with van der Waals surface area (Å²) in [6.07, 6.45) is 1.12. The summed E-state index contributed by atoms with van der Waals surface area (Å²) in [7, 11) is 0. The van der Waals surface area contributed by atoms with Crippen molar-refractivity contribution >= 4 is 59.1 Å². The molecule has 0 fully saturated rings. The molecule has 108 valence electrons. The van der Waals surface area contributed by atoms with Crippen LogP contribution in [0, 0.1) is 6.92 Å². The molecule has 0 saturated heterocycles. The van der Waals surface area contributed by atoms with E-state index in [4.69, 9.17) is 0 Å². The van der Waals surface area contributed by atoms with Crippen molar-refractivity contribution in [2.24, 2.45) is 0 Å². The fourth-order valence-electron chi connectivity index (χ4n) is 2.01. The minimum Gasteiger partial charge on any atom is -0.306 e. The van der Waals surface area contributed by atoms with E-state index in [2.05, 4.69) is 91.2 Å².